The lowest BCUT2D eigenvalue weighted by Gasteiger charge is -2.24. The second-order valence-electron chi connectivity index (χ2n) is 6.83. The average Bonchev–Trinajstić information content (AvgIpc) is 2.98. The van der Waals surface area contributed by atoms with Gasteiger partial charge in [-0.1, -0.05) is 23.7 Å². The first-order chi connectivity index (χ1) is 14.2. The van der Waals surface area contributed by atoms with Gasteiger partial charge >= 0.3 is 6.18 Å². The monoisotopic (exact) mass is 440 g/mol. The molecule has 160 valence electrons. The lowest BCUT2D eigenvalue weighted by atomic mass is 10.1. The minimum absolute atomic E-state index is 0.125. The zero-order valence-corrected chi connectivity index (χ0v) is 17.0. The normalized spacial score (nSPS) is 15.0. The van der Waals surface area contributed by atoms with E-state index in [1.54, 1.807) is 17.0 Å². The minimum atomic E-state index is -4.62. The van der Waals surface area contributed by atoms with Crippen LogP contribution < -0.4 is 4.74 Å². The van der Waals surface area contributed by atoms with E-state index in [9.17, 15) is 22.8 Å². The van der Waals surface area contributed by atoms with Crippen LogP contribution in [0.4, 0.5) is 13.2 Å². The van der Waals surface area contributed by atoms with E-state index in [1.165, 1.54) is 36.3 Å². The maximum atomic E-state index is 13.3. The molecule has 5 nitrogen and oxygen atoms in total. The van der Waals surface area contributed by atoms with Gasteiger partial charge in [0.2, 0.25) is 0 Å². The Hall–Kier alpha value is -2.74. The van der Waals surface area contributed by atoms with Crippen LogP contribution in [0.5, 0.6) is 5.75 Å². The number of carbonyl (C=O) groups excluding carboxylic acids is 2. The Balaban J connectivity index is 1.77. The second-order valence-corrected chi connectivity index (χ2v) is 7.26. The summed E-state index contributed by atoms with van der Waals surface area (Å²) >= 11 is 6.00. The highest BCUT2D eigenvalue weighted by Gasteiger charge is 2.36. The molecule has 3 rings (SSSR count). The molecule has 0 radical (unpaired) electrons. The average molecular weight is 441 g/mol. The topological polar surface area (TPSA) is 49.9 Å². The highest BCUT2D eigenvalue weighted by molar-refractivity contribution is 6.31. The number of ether oxygens (including phenoxy) is 1. The highest BCUT2D eigenvalue weighted by Crippen LogP contribution is 2.32. The molecule has 0 spiro atoms. The van der Waals surface area contributed by atoms with Crippen molar-refractivity contribution in [2.75, 3.05) is 33.3 Å². The maximum absolute atomic E-state index is 13.3. The summed E-state index contributed by atoms with van der Waals surface area (Å²) < 4.78 is 45.0. The van der Waals surface area contributed by atoms with Gasteiger partial charge in [-0.2, -0.15) is 13.2 Å². The van der Waals surface area contributed by atoms with Crippen molar-refractivity contribution in [2.24, 2.45) is 0 Å². The Kier molecular flexibility index (Phi) is 6.55. The third-order valence-corrected chi connectivity index (χ3v) is 5.16. The summed E-state index contributed by atoms with van der Waals surface area (Å²) in [6.45, 7) is 0.925. The Morgan fingerprint density at radius 3 is 2.13 bits per heavy atom. The van der Waals surface area contributed by atoms with E-state index in [0.717, 1.165) is 6.07 Å². The highest BCUT2D eigenvalue weighted by atomic mass is 35.5. The molecule has 0 unspecified atom stereocenters. The molecule has 0 saturated carbocycles. The Morgan fingerprint density at radius 2 is 1.53 bits per heavy atom. The van der Waals surface area contributed by atoms with Crippen LogP contribution in [0.25, 0.3) is 0 Å². The lowest BCUT2D eigenvalue weighted by molar-refractivity contribution is -0.138. The molecule has 0 N–H and O–H groups in total. The number of benzene rings is 2. The number of hydrogen-bond acceptors (Lipinski definition) is 3. The molecule has 2 aromatic rings. The molecule has 0 bridgehead atoms. The van der Waals surface area contributed by atoms with E-state index in [-0.39, 0.29) is 31.1 Å². The van der Waals surface area contributed by atoms with Crippen LogP contribution in [0.15, 0.2) is 42.5 Å². The van der Waals surface area contributed by atoms with Gasteiger partial charge in [-0.3, -0.25) is 9.59 Å². The molecule has 1 heterocycles. The molecular weight excluding hydrogens is 421 g/mol. The predicted molar refractivity (Wildman–Crippen MR) is 106 cm³/mol. The van der Waals surface area contributed by atoms with Crippen LogP contribution in [-0.2, 0) is 6.18 Å². The van der Waals surface area contributed by atoms with Gasteiger partial charge in [0, 0.05) is 31.2 Å². The van der Waals surface area contributed by atoms with Crippen molar-refractivity contribution in [1.82, 2.24) is 9.80 Å². The van der Waals surface area contributed by atoms with Gasteiger partial charge in [-0.25, -0.2) is 0 Å². The van der Waals surface area contributed by atoms with Crippen LogP contribution in [0.1, 0.15) is 32.7 Å². The van der Waals surface area contributed by atoms with Gasteiger partial charge in [0.15, 0.2) is 0 Å². The summed E-state index contributed by atoms with van der Waals surface area (Å²) in [5.41, 5.74) is -1.05. The molecule has 2 aromatic carbocycles. The second kappa shape index (κ2) is 8.95. The number of alkyl halides is 3. The third kappa shape index (κ3) is 4.70. The molecule has 1 fully saturated rings. The van der Waals surface area contributed by atoms with Crippen molar-refractivity contribution in [3.8, 4) is 5.75 Å². The Morgan fingerprint density at radius 1 is 0.933 bits per heavy atom. The summed E-state index contributed by atoms with van der Waals surface area (Å²) in [5, 5.41) is 0.384. The van der Waals surface area contributed by atoms with Crippen LogP contribution in [0, 0.1) is 0 Å². The lowest BCUT2D eigenvalue weighted by Crippen LogP contribution is -2.38. The summed E-state index contributed by atoms with van der Waals surface area (Å²) in [6.07, 6.45) is -4.18. The van der Waals surface area contributed by atoms with Crippen molar-refractivity contribution in [3.05, 3.63) is 64.2 Å². The van der Waals surface area contributed by atoms with Crippen molar-refractivity contribution < 1.29 is 27.5 Å². The van der Waals surface area contributed by atoms with E-state index in [1.807, 2.05) is 0 Å². The van der Waals surface area contributed by atoms with Crippen LogP contribution in [-0.4, -0.2) is 54.9 Å². The molecule has 9 heteroatoms. The van der Waals surface area contributed by atoms with E-state index in [4.69, 9.17) is 16.3 Å². The molecule has 1 saturated heterocycles. The zero-order valence-electron chi connectivity index (χ0n) is 16.2. The fourth-order valence-corrected chi connectivity index (χ4v) is 3.60. The van der Waals surface area contributed by atoms with Gasteiger partial charge in [0.05, 0.1) is 23.8 Å². The molecular formula is C21H20ClF3N2O3. The first kappa shape index (κ1) is 22.0. The first-order valence-electron chi connectivity index (χ1n) is 9.30. The molecule has 0 aliphatic carbocycles. The number of rotatable bonds is 3. The summed E-state index contributed by atoms with van der Waals surface area (Å²) in [7, 11) is 1.45. The van der Waals surface area contributed by atoms with Crippen molar-refractivity contribution in [3.63, 3.8) is 0 Å². The SMILES string of the molecule is COc1ccc(Cl)cc1C(=O)N1CCCN(C(=O)c2ccccc2C(F)(F)F)CC1. The quantitative estimate of drug-likeness (QED) is 0.712. The largest absolute Gasteiger partial charge is 0.496 e. The maximum Gasteiger partial charge on any atom is 0.417 e. The van der Waals surface area contributed by atoms with Gasteiger partial charge in [-0.15, -0.1) is 0 Å². The number of nitrogens with zero attached hydrogens (tertiary/aromatic N) is 2. The Bertz CT molecular complexity index is 949. The van der Waals surface area contributed by atoms with Crippen molar-refractivity contribution in [1.29, 1.82) is 0 Å². The molecule has 0 aromatic heterocycles. The molecule has 1 aliphatic rings. The fraction of sp³-hybridized carbons (Fsp3) is 0.333. The fourth-order valence-electron chi connectivity index (χ4n) is 3.43. The summed E-state index contributed by atoms with van der Waals surface area (Å²) in [5.74, 6) is -0.627. The number of carbonyl (C=O) groups is 2. The van der Waals surface area contributed by atoms with Gasteiger partial charge in [0.25, 0.3) is 11.8 Å². The number of hydrogen-bond donors (Lipinski definition) is 0. The van der Waals surface area contributed by atoms with Gasteiger partial charge < -0.3 is 14.5 Å². The molecule has 2 amide bonds. The van der Waals surface area contributed by atoms with E-state index in [0.29, 0.717) is 29.3 Å². The number of methoxy groups -OCH3 is 1. The predicted octanol–water partition coefficient (Wildman–Crippen LogP) is 4.36. The van der Waals surface area contributed by atoms with Gasteiger partial charge in [0.1, 0.15) is 5.75 Å². The summed E-state index contributed by atoms with van der Waals surface area (Å²) in [4.78, 5) is 28.7. The van der Waals surface area contributed by atoms with Crippen LogP contribution in [0.3, 0.4) is 0 Å². The molecule has 30 heavy (non-hydrogen) atoms. The summed E-state index contributed by atoms with van der Waals surface area (Å²) in [6, 6.07) is 9.44. The van der Waals surface area contributed by atoms with Crippen molar-refractivity contribution in [2.45, 2.75) is 12.6 Å². The van der Waals surface area contributed by atoms with Crippen LogP contribution in [0.2, 0.25) is 5.02 Å². The van der Waals surface area contributed by atoms with E-state index < -0.39 is 17.6 Å². The molecule has 0 atom stereocenters. The van der Waals surface area contributed by atoms with E-state index >= 15 is 0 Å². The third-order valence-electron chi connectivity index (χ3n) is 4.93. The van der Waals surface area contributed by atoms with E-state index in [2.05, 4.69) is 0 Å². The van der Waals surface area contributed by atoms with Gasteiger partial charge in [-0.05, 0) is 36.8 Å². The Labute approximate surface area is 177 Å². The van der Waals surface area contributed by atoms with Crippen molar-refractivity contribution >= 4 is 23.4 Å². The standard InChI is InChI=1S/C21H20ClF3N2O3/c1-30-18-8-7-14(22)13-16(18)20(29)27-10-4-9-26(11-12-27)19(28)15-5-2-3-6-17(15)21(23,24)25/h2-3,5-8,13H,4,9-12H2,1H3. The minimum Gasteiger partial charge on any atom is -0.496 e. The zero-order chi connectivity index (χ0) is 21.9. The number of amides is 2. The smallest absolute Gasteiger partial charge is 0.417 e. The molecule has 1 aliphatic heterocycles. The van der Waals surface area contributed by atoms with Crippen LogP contribution >= 0.6 is 11.6 Å². The number of halogens is 4. The first-order valence-corrected chi connectivity index (χ1v) is 9.68.